The first-order valence-electron chi connectivity index (χ1n) is 12.9. The van der Waals surface area contributed by atoms with Gasteiger partial charge < -0.3 is 15.1 Å². The molecule has 32 heavy (non-hydrogen) atoms. The summed E-state index contributed by atoms with van der Waals surface area (Å²) < 4.78 is 0. The van der Waals surface area contributed by atoms with E-state index in [2.05, 4.69) is 48.3 Å². The zero-order valence-corrected chi connectivity index (χ0v) is 19.8. The van der Waals surface area contributed by atoms with Crippen LogP contribution in [0.25, 0.3) is 0 Å². The standard InChI is InChI=1S/C27H39N3O2/c1-3-22(4-2)25(31)30-11-9-29(10-12-30)24-7-5-23(6-8-24)28-26(32)27-16-19-13-20(17-27)15-21(14-19)18-27/h5-8,19-22H,3-4,9-18H2,1-2H3,(H,28,32). The largest absolute Gasteiger partial charge is 0.368 e. The summed E-state index contributed by atoms with van der Waals surface area (Å²) in [5, 5.41) is 3.27. The van der Waals surface area contributed by atoms with Gasteiger partial charge in [0.15, 0.2) is 0 Å². The Bertz CT molecular complexity index is 802. The van der Waals surface area contributed by atoms with Crippen LogP contribution in [0.15, 0.2) is 24.3 Å². The number of amides is 2. The molecule has 0 unspecified atom stereocenters. The van der Waals surface area contributed by atoms with Crippen molar-refractivity contribution in [3.63, 3.8) is 0 Å². The predicted octanol–water partition coefficient (Wildman–Crippen LogP) is 4.93. The van der Waals surface area contributed by atoms with Crippen molar-refractivity contribution < 1.29 is 9.59 Å². The Morgan fingerprint density at radius 2 is 1.44 bits per heavy atom. The number of nitrogens with zero attached hydrogens (tertiary/aromatic N) is 2. The van der Waals surface area contributed by atoms with Gasteiger partial charge in [-0.25, -0.2) is 0 Å². The van der Waals surface area contributed by atoms with Gasteiger partial charge in [-0.05, 0) is 93.4 Å². The second-order valence-electron chi connectivity index (χ2n) is 11.0. The molecule has 1 heterocycles. The lowest BCUT2D eigenvalue weighted by molar-refractivity contribution is -0.140. The summed E-state index contributed by atoms with van der Waals surface area (Å²) in [5.74, 6) is 3.09. The van der Waals surface area contributed by atoms with Crippen molar-refractivity contribution in [3.05, 3.63) is 24.3 Å². The Morgan fingerprint density at radius 3 is 1.94 bits per heavy atom. The fourth-order valence-corrected chi connectivity index (χ4v) is 7.49. The summed E-state index contributed by atoms with van der Waals surface area (Å²) in [6, 6.07) is 8.34. The van der Waals surface area contributed by atoms with Gasteiger partial charge in [-0.3, -0.25) is 9.59 Å². The van der Waals surface area contributed by atoms with Crippen molar-refractivity contribution >= 4 is 23.2 Å². The first-order chi connectivity index (χ1) is 15.5. The Balaban J connectivity index is 1.17. The maximum atomic E-state index is 13.3. The van der Waals surface area contributed by atoms with E-state index in [0.717, 1.165) is 81.7 Å². The van der Waals surface area contributed by atoms with E-state index in [9.17, 15) is 9.59 Å². The molecule has 174 valence electrons. The van der Waals surface area contributed by atoms with Gasteiger partial charge in [0, 0.05) is 43.5 Å². The maximum absolute atomic E-state index is 13.3. The summed E-state index contributed by atoms with van der Waals surface area (Å²) in [6.07, 6.45) is 9.22. The number of piperazine rings is 1. The molecule has 5 heteroatoms. The highest BCUT2D eigenvalue weighted by Crippen LogP contribution is 2.60. The van der Waals surface area contributed by atoms with Gasteiger partial charge in [0.25, 0.3) is 0 Å². The van der Waals surface area contributed by atoms with E-state index in [1.54, 1.807) is 0 Å². The van der Waals surface area contributed by atoms with Crippen LogP contribution in [0, 0.1) is 29.1 Å². The van der Waals surface area contributed by atoms with Crippen LogP contribution in [-0.4, -0.2) is 42.9 Å². The molecule has 5 fully saturated rings. The van der Waals surface area contributed by atoms with E-state index in [1.165, 1.54) is 24.9 Å². The summed E-state index contributed by atoms with van der Waals surface area (Å²) >= 11 is 0. The average Bonchev–Trinajstić information content (AvgIpc) is 2.79. The SMILES string of the molecule is CCC(CC)C(=O)N1CCN(c2ccc(NC(=O)C34CC5CC(CC(C5)C3)C4)cc2)CC1. The van der Waals surface area contributed by atoms with Crippen LogP contribution in [-0.2, 0) is 9.59 Å². The van der Waals surface area contributed by atoms with Crippen LogP contribution in [0.3, 0.4) is 0 Å². The molecule has 6 rings (SSSR count). The number of rotatable bonds is 6. The fourth-order valence-electron chi connectivity index (χ4n) is 7.49. The monoisotopic (exact) mass is 437 g/mol. The predicted molar refractivity (Wildman–Crippen MR) is 129 cm³/mol. The third-order valence-corrected chi connectivity index (χ3v) is 8.94. The number of nitrogens with one attached hydrogen (secondary N) is 1. The second kappa shape index (κ2) is 8.72. The smallest absolute Gasteiger partial charge is 0.230 e. The molecule has 4 bridgehead atoms. The van der Waals surface area contributed by atoms with Crippen molar-refractivity contribution in [2.45, 2.75) is 65.2 Å². The molecule has 1 aromatic rings. The zero-order chi connectivity index (χ0) is 22.3. The first-order valence-corrected chi connectivity index (χ1v) is 12.9. The van der Waals surface area contributed by atoms with E-state index >= 15 is 0 Å². The van der Waals surface area contributed by atoms with Crippen molar-refractivity contribution in [2.75, 3.05) is 36.4 Å². The molecular formula is C27H39N3O2. The molecule has 1 saturated heterocycles. The molecule has 1 aliphatic heterocycles. The van der Waals surface area contributed by atoms with E-state index in [4.69, 9.17) is 0 Å². The van der Waals surface area contributed by atoms with Crippen LogP contribution in [0.5, 0.6) is 0 Å². The minimum Gasteiger partial charge on any atom is -0.368 e. The van der Waals surface area contributed by atoms with Crippen molar-refractivity contribution in [1.29, 1.82) is 0 Å². The van der Waals surface area contributed by atoms with Gasteiger partial charge >= 0.3 is 0 Å². The van der Waals surface area contributed by atoms with E-state index < -0.39 is 0 Å². The number of hydrogen-bond donors (Lipinski definition) is 1. The molecule has 4 aliphatic carbocycles. The Morgan fingerprint density at radius 1 is 0.906 bits per heavy atom. The highest BCUT2D eigenvalue weighted by atomic mass is 16.2. The van der Waals surface area contributed by atoms with Crippen LogP contribution in [0.4, 0.5) is 11.4 Å². The molecule has 0 spiro atoms. The van der Waals surface area contributed by atoms with E-state index in [0.29, 0.717) is 5.91 Å². The average molecular weight is 438 g/mol. The molecule has 5 nitrogen and oxygen atoms in total. The van der Waals surface area contributed by atoms with E-state index in [1.807, 2.05) is 4.90 Å². The number of carbonyl (C=O) groups is 2. The zero-order valence-electron chi connectivity index (χ0n) is 19.8. The quantitative estimate of drug-likeness (QED) is 0.687. The van der Waals surface area contributed by atoms with Gasteiger partial charge in [-0.15, -0.1) is 0 Å². The minimum atomic E-state index is -0.106. The summed E-state index contributed by atoms with van der Waals surface area (Å²) in [4.78, 5) is 30.3. The Hall–Kier alpha value is -2.04. The topological polar surface area (TPSA) is 52.7 Å². The summed E-state index contributed by atoms with van der Waals surface area (Å²) in [7, 11) is 0. The summed E-state index contributed by atoms with van der Waals surface area (Å²) in [5.41, 5.74) is 1.98. The summed E-state index contributed by atoms with van der Waals surface area (Å²) in [6.45, 7) is 7.52. The minimum absolute atomic E-state index is 0.106. The third kappa shape index (κ3) is 4.04. The molecular weight excluding hydrogens is 398 g/mol. The van der Waals surface area contributed by atoms with Gasteiger partial charge in [-0.1, -0.05) is 13.8 Å². The van der Waals surface area contributed by atoms with Crippen LogP contribution in [0.1, 0.15) is 65.2 Å². The van der Waals surface area contributed by atoms with Crippen molar-refractivity contribution in [3.8, 4) is 0 Å². The van der Waals surface area contributed by atoms with E-state index in [-0.39, 0.29) is 17.2 Å². The molecule has 0 atom stereocenters. The first kappa shape index (κ1) is 21.8. The van der Waals surface area contributed by atoms with Gasteiger partial charge in [0.2, 0.25) is 11.8 Å². The highest BCUT2D eigenvalue weighted by Gasteiger charge is 2.54. The Kier molecular flexibility index (Phi) is 5.94. The number of carbonyl (C=O) groups excluding carboxylic acids is 2. The number of hydrogen-bond acceptors (Lipinski definition) is 3. The maximum Gasteiger partial charge on any atom is 0.230 e. The molecule has 1 N–H and O–H groups in total. The molecule has 5 aliphatic rings. The van der Waals surface area contributed by atoms with Crippen LogP contribution in [0.2, 0.25) is 0 Å². The fraction of sp³-hybridized carbons (Fsp3) is 0.704. The molecule has 1 aromatic carbocycles. The van der Waals surface area contributed by atoms with Crippen molar-refractivity contribution in [2.24, 2.45) is 29.1 Å². The molecule has 0 radical (unpaired) electrons. The number of benzene rings is 1. The van der Waals surface area contributed by atoms with Gasteiger partial charge in [0.1, 0.15) is 0 Å². The van der Waals surface area contributed by atoms with Crippen LogP contribution < -0.4 is 10.2 Å². The second-order valence-corrected chi connectivity index (χ2v) is 11.0. The lowest BCUT2D eigenvalue weighted by Crippen LogP contribution is -2.51. The molecule has 0 aromatic heterocycles. The van der Waals surface area contributed by atoms with Crippen molar-refractivity contribution in [1.82, 2.24) is 4.90 Å². The van der Waals surface area contributed by atoms with Crippen LogP contribution >= 0.6 is 0 Å². The number of anilines is 2. The Labute approximate surface area is 192 Å². The lowest BCUT2D eigenvalue weighted by Gasteiger charge is -2.55. The van der Waals surface area contributed by atoms with Gasteiger partial charge in [0.05, 0.1) is 5.41 Å². The highest BCUT2D eigenvalue weighted by molar-refractivity contribution is 5.95. The lowest BCUT2D eigenvalue weighted by atomic mass is 9.49. The molecule has 4 saturated carbocycles. The normalized spacial score (nSPS) is 31.3. The molecule has 2 amide bonds. The van der Waals surface area contributed by atoms with Gasteiger partial charge in [-0.2, -0.15) is 0 Å². The third-order valence-electron chi connectivity index (χ3n) is 8.94.